The van der Waals surface area contributed by atoms with Crippen LogP contribution in [-0.2, 0) is 6.54 Å². The van der Waals surface area contributed by atoms with Crippen LogP contribution in [0.3, 0.4) is 0 Å². The molecule has 0 saturated carbocycles. The topological polar surface area (TPSA) is 80.6 Å². The van der Waals surface area contributed by atoms with Gasteiger partial charge in [-0.2, -0.15) is 0 Å². The van der Waals surface area contributed by atoms with Crippen LogP contribution in [0.15, 0.2) is 53.3 Å². The molecule has 146 valence electrons. The molecule has 0 aliphatic heterocycles. The number of carbonyl (C=O) groups is 1. The van der Waals surface area contributed by atoms with E-state index >= 15 is 0 Å². The van der Waals surface area contributed by atoms with E-state index in [1.165, 1.54) is 4.57 Å². The van der Waals surface area contributed by atoms with E-state index in [-0.39, 0.29) is 11.3 Å². The molecular weight excluding hydrogens is 356 g/mol. The number of para-hydroxylation sites is 1. The molecule has 1 heterocycles. The van der Waals surface area contributed by atoms with Crippen LogP contribution in [0.25, 0.3) is 10.9 Å². The molecule has 6 nitrogen and oxygen atoms in total. The molecule has 2 aromatic carbocycles. The molecular formula is C22H24N2O4. The van der Waals surface area contributed by atoms with Gasteiger partial charge in [0.1, 0.15) is 17.1 Å². The predicted octanol–water partition coefficient (Wildman–Crippen LogP) is 4.16. The van der Waals surface area contributed by atoms with Gasteiger partial charge in [-0.3, -0.25) is 9.59 Å². The van der Waals surface area contributed by atoms with Crippen molar-refractivity contribution < 1.29 is 14.6 Å². The van der Waals surface area contributed by atoms with E-state index in [2.05, 4.69) is 5.32 Å². The molecule has 28 heavy (non-hydrogen) atoms. The number of anilines is 1. The number of hydrogen-bond acceptors (Lipinski definition) is 4. The Bertz CT molecular complexity index is 1040. The third-order valence-corrected chi connectivity index (χ3v) is 4.41. The summed E-state index contributed by atoms with van der Waals surface area (Å²) in [4.78, 5) is 25.7. The van der Waals surface area contributed by atoms with Crippen LogP contribution in [0, 0.1) is 0 Å². The van der Waals surface area contributed by atoms with Crippen molar-refractivity contribution in [3.05, 3.63) is 64.4 Å². The second-order valence-electron chi connectivity index (χ2n) is 6.52. The SMILES string of the molecule is CCCOc1ccc(NC(=O)c2c(O)c3ccccc3n(CCC)c2=O)cc1. The molecule has 0 aliphatic carbocycles. The van der Waals surface area contributed by atoms with E-state index in [0.29, 0.717) is 35.5 Å². The summed E-state index contributed by atoms with van der Waals surface area (Å²) in [6, 6.07) is 13.9. The van der Waals surface area contributed by atoms with E-state index in [9.17, 15) is 14.7 Å². The highest BCUT2D eigenvalue weighted by Crippen LogP contribution is 2.27. The zero-order valence-electron chi connectivity index (χ0n) is 16.1. The predicted molar refractivity (Wildman–Crippen MR) is 110 cm³/mol. The molecule has 0 radical (unpaired) electrons. The average Bonchev–Trinajstić information content (AvgIpc) is 2.71. The molecule has 3 aromatic rings. The standard InChI is InChI=1S/C22H24N2O4/c1-3-13-24-18-8-6-5-7-17(18)20(25)19(22(24)27)21(26)23-15-9-11-16(12-10-15)28-14-4-2/h5-12,25H,3-4,13-14H2,1-2H3,(H,23,26). The number of hydrogen-bond donors (Lipinski definition) is 2. The number of rotatable bonds is 7. The van der Waals surface area contributed by atoms with Gasteiger partial charge in [0, 0.05) is 17.6 Å². The molecule has 3 rings (SSSR count). The molecule has 0 aliphatic rings. The Labute approximate surface area is 163 Å². The number of aryl methyl sites for hydroxylation is 1. The quantitative estimate of drug-likeness (QED) is 0.645. The molecule has 0 atom stereocenters. The molecule has 0 spiro atoms. The Morgan fingerprint density at radius 2 is 1.79 bits per heavy atom. The average molecular weight is 380 g/mol. The van der Waals surface area contributed by atoms with E-state index in [0.717, 1.165) is 12.8 Å². The van der Waals surface area contributed by atoms with Gasteiger partial charge in [-0.15, -0.1) is 0 Å². The summed E-state index contributed by atoms with van der Waals surface area (Å²) in [6.07, 6.45) is 1.64. The first kappa shape index (κ1) is 19.5. The van der Waals surface area contributed by atoms with Crippen molar-refractivity contribution >= 4 is 22.5 Å². The number of ether oxygens (including phenoxy) is 1. The molecule has 0 bridgehead atoms. The van der Waals surface area contributed by atoms with Crippen molar-refractivity contribution in [3.8, 4) is 11.5 Å². The number of benzene rings is 2. The highest BCUT2D eigenvalue weighted by atomic mass is 16.5. The first-order chi connectivity index (χ1) is 13.6. The lowest BCUT2D eigenvalue weighted by Crippen LogP contribution is -2.29. The first-order valence-electron chi connectivity index (χ1n) is 9.45. The minimum atomic E-state index is -0.639. The lowest BCUT2D eigenvalue weighted by Gasteiger charge is -2.14. The van der Waals surface area contributed by atoms with E-state index < -0.39 is 11.5 Å². The minimum absolute atomic E-state index is 0.251. The fraction of sp³-hybridized carbons (Fsp3) is 0.273. The van der Waals surface area contributed by atoms with Crippen molar-refractivity contribution in [2.75, 3.05) is 11.9 Å². The largest absolute Gasteiger partial charge is 0.506 e. The fourth-order valence-corrected chi connectivity index (χ4v) is 3.09. The van der Waals surface area contributed by atoms with Gasteiger partial charge in [-0.1, -0.05) is 26.0 Å². The van der Waals surface area contributed by atoms with Crippen molar-refractivity contribution in [2.24, 2.45) is 0 Å². The number of aromatic hydroxyl groups is 1. The summed E-state index contributed by atoms with van der Waals surface area (Å²) in [5, 5.41) is 13.8. The van der Waals surface area contributed by atoms with Gasteiger partial charge in [-0.05, 0) is 49.2 Å². The van der Waals surface area contributed by atoms with Gasteiger partial charge in [0.25, 0.3) is 11.5 Å². The Kier molecular flexibility index (Phi) is 5.99. The Morgan fingerprint density at radius 1 is 1.07 bits per heavy atom. The van der Waals surface area contributed by atoms with Crippen LogP contribution < -0.4 is 15.6 Å². The van der Waals surface area contributed by atoms with Crippen LogP contribution in [0.5, 0.6) is 11.5 Å². The monoisotopic (exact) mass is 380 g/mol. The van der Waals surface area contributed by atoms with Crippen molar-refractivity contribution in [2.45, 2.75) is 33.2 Å². The number of aromatic nitrogens is 1. The number of nitrogens with one attached hydrogen (secondary N) is 1. The number of carbonyl (C=O) groups excluding carboxylic acids is 1. The second-order valence-corrected chi connectivity index (χ2v) is 6.52. The molecule has 0 unspecified atom stereocenters. The van der Waals surface area contributed by atoms with Gasteiger partial charge in [0.2, 0.25) is 0 Å². The molecule has 0 fully saturated rings. The third kappa shape index (κ3) is 3.86. The molecule has 0 saturated heterocycles. The van der Waals surface area contributed by atoms with Crippen molar-refractivity contribution in [1.82, 2.24) is 4.57 Å². The molecule has 1 amide bonds. The van der Waals surface area contributed by atoms with Crippen LogP contribution >= 0.6 is 0 Å². The van der Waals surface area contributed by atoms with Crippen LogP contribution in [0.1, 0.15) is 37.0 Å². The van der Waals surface area contributed by atoms with E-state index in [1.807, 2.05) is 13.8 Å². The zero-order chi connectivity index (χ0) is 20.1. The maximum Gasteiger partial charge on any atom is 0.267 e. The number of nitrogens with zero attached hydrogens (tertiary/aromatic N) is 1. The Balaban J connectivity index is 1.96. The maximum absolute atomic E-state index is 12.9. The molecule has 6 heteroatoms. The Morgan fingerprint density at radius 3 is 2.46 bits per heavy atom. The summed E-state index contributed by atoms with van der Waals surface area (Å²) in [6.45, 7) is 5.06. The molecule has 2 N–H and O–H groups in total. The normalized spacial score (nSPS) is 10.8. The number of amides is 1. The zero-order valence-corrected chi connectivity index (χ0v) is 16.1. The number of pyridine rings is 1. The Hall–Kier alpha value is -3.28. The van der Waals surface area contributed by atoms with Gasteiger partial charge in [0.15, 0.2) is 0 Å². The summed E-state index contributed by atoms with van der Waals surface area (Å²) in [5.41, 5.74) is 0.376. The van der Waals surface area contributed by atoms with Crippen LogP contribution in [0.2, 0.25) is 0 Å². The van der Waals surface area contributed by atoms with Gasteiger partial charge in [-0.25, -0.2) is 0 Å². The summed E-state index contributed by atoms with van der Waals surface area (Å²) >= 11 is 0. The van der Waals surface area contributed by atoms with Gasteiger partial charge < -0.3 is 19.7 Å². The summed E-state index contributed by atoms with van der Waals surface area (Å²) in [5.74, 6) is -0.229. The van der Waals surface area contributed by atoms with Crippen LogP contribution in [-0.4, -0.2) is 22.2 Å². The van der Waals surface area contributed by atoms with E-state index in [4.69, 9.17) is 4.74 Å². The highest BCUT2D eigenvalue weighted by Gasteiger charge is 2.22. The minimum Gasteiger partial charge on any atom is -0.506 e. The smallest absolute Gasteiger partial charge is 0.267 e. The fourth-order valence-electron chi connectivity index (χ4n) is 3.09. The summed E-state index contributed by atoms with van der Waals surface area (Å²) in [7, 11) is 0. The molecule has 1 aromatic heterocycles. The lowest BCUT2D eigenvalue weighted by atomic mass is 10.1. The van der Waals surface area contributed by atoms with Crippen molar-refractivity contribution in [3.63, 3.8) is 0 Å². The van der Waals surface area contributed by atoms with E-state index in [1.54, 1.807) is 48.5 Å². The van der Waals surface area contributed by atoms with Gasteiger partial charge in [0.05, 0.1) is 12.1 Å². The van der Waals surface area contributed by atoms with Gasteiger partial charge >= 0.3 is 0 Å². The lowest BCUT2D eigenvalue weighted by molar-refractivity contribution is 0.102. The third-order valence-electron chi connectivity index (χ3n) is 4.41. The van der Waals surface area contributed by atoms with Crippen molar-refractivity contribution in [1.29, 1.82) is 0 Å². The van der Waals surface area contributed by atoms with Crippen LogP contribution in [0.4, 0.5) is 5.69 Å². The first-order valence-corrected chi connectivity index (χ1v) is 9.45. The maximum atomic E-state index is 12.9. The second kappa shape index (κ2) is 8.61. The summed E-state index contributed by atoms with van der Waals surface area (Å²) < 4.78 is 7.06. The number of fused-ring (bicyclic) bond motifs is 1. The highest BCUT2D eigenvalue weighted by molar-refractivity contribution is 6.09.